The predicted octanol–water partition coefficient (Wildman–Crippen LogP) is 3.93. The third-order valence-electron chi connectivity index (χ3n) is 4.37. The van der Waals surface area contributed by atoms with Crippen LogP contribution in [0.4, 0.5) is 0 Å². The second kappa shape index (κ2) is 4.53. The minimum Gasteiger partial charge on any atom is -0.211 e. The number of isocyanates is 1. The minimum absolute atomic E-state index is 0.332. The molecule has 0 aliphatic heterocycles. The second-order valence-corrected chi connectivity index (χ2v) is 5.82. The van der Waals surface area contributed by atoms with Crippen molar-refractivity contribution in [3.8, 4) is 0 Å². The number of rotatable bonds is 2. The summed E-state index contributed by atoms with van der Waals surface area (Å²) in [6.45, 7) is 0. The van der Waals surface area contributed by atoms with E-state index in [9.17, 15) is 4.79 Å². The SMILES string of the molecule is O=C=NC1(c2cc(Cl)cc3c2CCC3)CCCC1. The summed E-state index contributed by atoms with van der Waals surface area (Å²) in [5.41, 5.74) is 3.61. The lowest BCUT2D eigenvalue weighted by atomic mass is 9.84. The van der Waals surface area contributed by atoms with Crippen molar-refractivity contribution in [3.05, 3.63) is 33.8 Å². The molecule has 1 aromatic rings. The Balaban J connectivity index is 2.18. The Morgan fingerprint density at radius 2 is 1.94 bits per heavy atom. The van der Waals surface area contributed by atoms with E-state index in [4.69, 9.17) is 11.6 Å². The third kappa shape index (κ3) is 1.81. The first kappa shape index (κ1) is 12.0. The molecule has 3 rings (SSSR count). The lowest BCUT2D eigenvalue weighted by Crippen LogP contribution is -2.21. The molecule has 18 heavy (non-hydrogen) atoms. The maximum Gasteiger partial charge on any atom is 0.235 e. The molecule has 0 N–H and O–H groups in total. The van der Waals surface area contributed by atoms with Gasteiger partial charge < -0.3 is 0 Å². The van der Waals surface area contributed by atoms with Crippen LogP contribution in [0.15, 0.2) is 17.1 Å². The van der Waals surface area contributed by atoms with Gasteiger partial charge in [0.1, 0.15) is 0 Å². The van der Waals surface area contributed by atoms with E-state index in [1.165, 1.54) is 23.1 Å². The molecule has 0 aromatic heterocycles. The monoisotopic (exact) mass is 261 g/mol. The topological polar surface area (TPSA) is 29.4 Å². The van der Waals surface area contributed by atoms with E-state index in [0.29, 0.717) is 0 Å². The molecule has 0 atom stereocenters. The van der Waals surface area contributed by atoms with Crippen LogP contribution in [-0.4, -0.2) is 6.08 Å². The number of nitrogens with zero attached hydrogens (tertiary/aromatic N) is 1. The molecule has 2 nitrogen and oxygen atoms in total. The molecule has 1 fully saturated rings. The molecular formula is C15H16ClNO. The number of fused-ring (bicyclic) bond motifs is 1. The van der Waals surface area contributed by atoms with Crippen LogP contribution in [-0.2, 0) is 23.2 Å². The molecule has 2 aliphatic rings. The van der Waals surface area contributed by atoms with Gasteiger partial charge in [0, 0.05) is 5.02 Å². The first-order valence-corrected chi connectivity index (χ1v) is 7.04. The van der Waals surface area contributed by atoms with E-state index in [-0.39, 0.29) is 5.54 Å². The Morgan fingerprint density at radius 3 is 2.67 bits per heavy atom. The molecule has 2 aliphatic carbocycles. The van der Waals surface area contributed by atoms with Crippen molar-refractivity contribution in [3.63, 3.8) is 0 Å². The zero-order valence-electron chi connectivity index (χ0n) is 10.3. The van der Waals surface area contributed by atoms with Crippen LogP contribution in [0.3, 0.4) is 0 Å². The summed E-state index contributed by atoms with van der Waals surface area (Å²) in [6.07, 6.45) is 9.34. The summed E-state index contributed by atoms with van der Waals surface area (Å²) in [5.74, 6) is 0. The van der Waals surface area contributed by atoms with Crippen molar-refractivity contribution in [2.75, 3.05) is 0 Å². The summed E-state index contributed by atoms with van der Waals surface area (Å²) in [4.78, 5) is 15.0. The highest BCUT2D eigenvalue weighted by molar-refractivity contribution is 6.30. The number of hydrogen-bond acceptors (Lipinski definition) is 2. The average Bonchev–Trinajstić information content (AvgIpc) is 2.97. The lowest BCUT2D eigenvalue weighted by Gasteiger charge is -2.26. The Morgan fingerprint density at radius 1 is 1.17 bits per heavy atom. The van der Waals surface area contributed by atoms with Gasteiger partial charge in [-0.15, -0.1) is 0 Å². The van der Waals surface area contributed by atoms with Gasteiger partial charge in [-0.25, -0.2) is 4.79 Å². The third-order valence-corrected chi connectivity index (χ3v) is 4.59. The van der Waals surface area contributed by atoms with Gasteiger partial charge in [0.05, 0.1) is 5.54 Å². The summed E-state index contributed by atoms with van der Waals surface area (Å²) in [5, 5.41) is 0.776. The molecule has 0 spiro atoms. The summed E-state index contributed by atoms with van der Waals surface area (Å²) in [7, 11) is 0. The largest absolute Gasteiger partial charge is 0.235 e. The molecule has 0 amide bonds. The van der Waals surface area contributed by atoms with E-state index < -0.39 is 0 Å². The second-order valence-electron chi connectivity index (χ2n) is 5.39. The minimum atomic E-state index is -0.332. The number of aryl methyl sites for hydroxylation is 1. The van der Waals surface area contributed by atoms with E-state index in [2.05, 4.69) is 11.1 Å². The van der Waals surface area contributed by atoms with Crippen molar-refractivity contribution >= 4 is 17.7 Å². The molecule has 0 unspecified atom stereocenters. The van der Waals surface area contributed by atoms with E-state index in [1.807, 2.05) is 6.07 Å². The van der Waals surface area contributed by atoms with Crippen molar-refractivity contribution in [1.29, 1.82) is 0 Å². The maximum atomic E-state index is 10.8. The molecule has 0 heterocycles. The quantitative estimate of drug-likeness (QED) is 0.586. The van der Waals surface area contributed by atoms with E-state index in [1.54, 1.807) is 6.08 Å². The molecule has 0 bridgehead atoms. The van der Waals surface area contributed by atoms with E-state index in [0.717, 1.165) is 43.5 Å². The van der Waals surface area contributed by atoms with Gasteiger partial charge in [-0.05, 0) is 60.9 Å². The van der Waals surface area contributed by atoms with Crippen molar-refractivity contribution in [2.24, 2.45) is 4.99 Å². The smallest absolute Gasteiger partial charge is 0.211 e. The molecule has 1 aromatic carbocycles. The fraction of sp³-hybridized carbons (Fsp3) is 0.533. The zero-order valence-corrected chi connectivity index (χ0v) is 11.1. The van der Waals surface area contributed by atoms with Gasteiger partial charge in [0.25, 0.3) is 0 Å². The average molecular weight is 262 g/mol. The Hall–Kier alpha value is -1.11. The summed E-state index contributed by atoms with van der Waals surface area (Å²) >= 11 is 6.23. The molecule has 94 valence electrons. The van der Waals surface area contributed by atoms with Crippen molar-refractivity contribution in [2.45, 2.75) is 50.5 Å². The van der Waals surface area contributed by atoms with Gasteiger partial charge in [0.2, 0.25) is 6.08 Å². The maximum absolute atomic E-state index is 10.8. The van der Waals surface area contributed by atoms with Crippen LogP contribution in [0.2, 0.25) is 5.02 Å². The van der Waals surface area contributed by atoms with Crippen molar-refractivity contribution < 1.29 is 4.79 Å². The highest BCUT2D eigenvalue weighted by Crippen LogP contribution is 2.46. The van der Waals surface area contributed by atoms with Crippen LogP contribution in [0.1, 0.15) is 48.8 Å². The molecule has 3 heteroatoms. The molecular weight excluding hydrogens is 246 g/mol. The van der Waals surface area contributed by atoms with Gasteiger partial charge in [-0.1, -0.05) is 24.4 Å². The number of halogens is 1. The zero-order chi connectivity index (χ0) is 12.6. The van der Waals surface area contributed by atoms with Crippen LogP contribution in [0.25, 0.3) is 0 Å². The number of carbonyl (C=O) groups excluding carboxylic acids is 1. The van der Waals surface area contributed by atoms with Crippen LogP contribution < -0.4 is 0 Å². The van der Waals surface area contributed by atoms with Crippen molar-refractivity contribution in [1.82, 2.24) is 0 Å². The first-order valence-electron chi connectivity index (χ1n) is 6.66. The summed E-state index contributed by atoms with van der Waals surface area (Å²) in [6, 6.07) is 4.10. The van der Waals surface area contributed by atoms with Gasteiger partial charge in [-0.3, -0.25) is 0 Å². The molecule has 0 saturated heterocycles. The summed E-state index contributed by atoms with van der Waals surface area (Å²) < 4.78 is 0. The fourth-order valence-corrected chi connectivity index (χ4v) is 3.81. The van der Waals surface area contributed by atoms with Crippen LogP contribution >= 0.6 is 11.6 Å². The first-order chi connectivity index (χ1) is 8.75. The van der Waals surface area contributed by atoms with E-state index >= 15 is 0 Å². The number of hydrogen-bond donors (Lipinski definition) is 0. The van der Waals surface area contributed by atoms with Crippen LogP contribution in [0, 0.1) is 0 Å². The molecule has 0 radical (unpaired) electrons. The Labute approximate surface area is 112 Å². The lowest BCUT2D eigenvalue weighted by molar-refractivity contribution is 0.452. The highest BCUT2D eigenvalue weighted by Gasteiger charge is 2.38. The standard InChI is InChI=1S/C15H16ClNO/c16-12-8-11-4-3-5-13(11)14(9-12)15(17-10-18)6-1-2-7-15/h8-9H,1-7H2. The fourth-order valence-electron chi connectivity index (χ4n) is 3.57. The van der Waals surface area contributed by atoms with Gasteiger partial charge in [0.15, 0.2) is 0 Å². The van der Waals surface area contributed by atoms with Gasteiger partial charge >= 0.3 is 0 Å². The Bertz CT molecular complexity index is 526. The van der Waals surface area contributed by atoms with Gasteiger partial charge in [-0.2, -0.15) is 4.99 Å². The normalized spacial score (nSPS) is 20.5. The van der Waals surface area contributed by atoms with Crippen LogP contribution in [0.5, 0.6) is 0 Å². The highest BCUT2D eigenvalue weighted by atomic mass is 35.5. The number of benzene rings is 1. The predicted molar refractivity (Wildman–Crippen MR) is 71.7 cm³/mol. The number of aliphatic imine (C=N–C) groups is 1. The Kier molecular flexibility index (Phi) is 3.01. The molecule has 1 saturated carbocycles.